The molecule has 160 valence electrons. The summed E-state index contributed by atoms with van der Waals surface area (Å²) in [6.45, 7) is 1.93. The van der Waals surface area contributed by atoms with Gasteiger partial charge in [0.1, 0.15) is 23.7 Å². The summed E-state index contributed by atoms with van der Waals surface area (Å²) in [5.41, 5.74) is 2.74. The highest BCUT2D eigenvalue weighted by Gasteiger charge is 2.25. The molecule has 0 bridgehead atoms. The smallest absolute Gasteiger partial charge is 0.223 e. The standard InChI is InChI=1S/C24H25FN4O2/c1-31-21-8-4-18(5-9-21)22-14-23(28-16-27-22)29-12-10-19(11-13-29)24(30)26-15-17-2-6-20(25)7-3-17/h2-9,14,16,19H,10-13,15H2,1H3,(H,26,30). The summed E-state index contributed by atoms with van der Waals surface area (Å²) in [6.07, 6.45) is 3.10. The zero-order valence-corrected chi connectivity index (χ0v) is 17.4. The van der Waals surface area contributed by atoms with Crippen molar-refractivity contribution < 1.29 is 13.9 Å². The lowest BCUT2D eigenvalue weighted by Gasteiger charge is -2.32. The fourth-order valence-electron chi connectivity index (χ4n) is 3.75. The summed E-state index contributed by atoms with van der Waals surface area (Å²) < 4.78 is 18.2. The van der Waals surface area contributed by atoms with Crippen LogP contribution < -0.4 is 15.0 Å². The highest BCUT2D eigenvalue weighted by molar-refractivity contribution is 5.79. The molecule has 0 unspecified atom stereocenters. The van der Waals surface area contributed by atoms with Crippen LogP contribution in [-0.4, -0.2) is 36.1 Å². The van der Waals surface area contributed by atoms with Gasteiger partial charge in [-0.15, -0.1) is 0 Å². The maximum absolute atomic E-state index is 13.0. The molecule has 2 aromatic carbocycles. The third-order valence-corrected chi connectivity index (χ3v) is 5.61. The minimum atomic E-state index is -0.276. The van der Waals surface area contributed by atoms with E-state index in [4.69, 9.17) is 4.74 Å². The Morgan fingerprint density at radius 1 is 1.10 bits per heavy atom. The average Bonchev–Trinajstić information content (AvgIpc) is 2.84. The van der Waals surface area contributed by atoms with Gasteiger partial charge in [-0.25, -0.2) is 14.4 Å². The van der Waals surface area contributed by atoms with Crippen molar-refractivity contribution in [3.63, 3.8) is 0 Å². The Morgan fingerprint density at radius 3 is 2.48 bits per heavy atom. The number of hydrogen-bond donors (Lipinski definition) is 1. The van der Waals surface area contributed by atoms with Crippen LogP contribution in [0.3, 0.4) is 0 Å². The number of nitrogens with one attached hydrogen (secondary N) is 1. The molecule has 1 amide bonds. The summed E-state index contributed by atoms with van der Waals surface area (Å²) in [6, 6.07) is 15.9. The van der Waals surface area contributed by atoms with E-state index in [-0.39, 0.29) is 17.6 Å². The van der Waals surface area contributed by atoms with Crippen LogP contribution in [0.5, 0.6) is 5.75 Å². The lowest BCUT2D eigenvalue weighted by atomic mass is 9.95. The van der Waals surface area contributed by atoms with E-state index >= 15 is 0 Å². The van der Waals surface area contributed by atoms with Crippen molar-refractivity contribution in [2.45, 2.75) is 19.4 Å². The molecule has 2 heterocycles. The van der Waals surface area contributed by atoms with Crippen LogP contribution in [0.25, 0.3) is 11.3 Å². The first-order chi connectivity index (χ1) is 15.1. The molecular weight excluding hydrogens is 395 g/mol. The number of benzene rings is 2. The van der Waals surface area contributed by atoms with Crippen molar-refractivity contribution in [3.8, 4) is 17.0 Å². The molecule has 0 spiro atoms. The predicted molar refractivity (Wildman–Crippen MR) is 117 cm³/mol. The number of piperidine rings is 1. The zero-order chi connectivity index (χ0) is 21.6. The Morgan fingerprint density at radius 2 is 1.81 bits per heavy atom. The first-order valence-electron chi connectivity index (χ1n) is 10.4. The van der Waals surface area contributed by atoms with Crippen molar-refractivity contribution in [1.29, 1.82) is 0 Å². The molecule has 1 aliphatic rings. The number of rotatable bonds is 6. The van der Waals surface area contributed by atoms with Crippen LogP contribution in [0.1, 0.15) is 18.4 Å². The van der Waals surface area contributed by atoms with Gasteiger partial charge in [-0.1, -0.05) is 12.1 Å². The van der Waals surface area contributed by atoms with Crippen molar-refractivity contribution in [3.05, 3.63) is 72.3 Å². The fourth-order valence-corrected chi connectivity index (χ4v) is 3.75. The minimum Gasteiger partial charge on any atom is -0.497 e. The second kappa shape index (κ2) is 9.55. The summed E-state index contributed by atoms with van der Waals surface area (Å²) >= 11 is 0. The van der Waals surface area contributed by atoms with E-state index in [0.717, 1.165) is 54.3 Å². The largest absolute Gasteiger partial charge is 0.497 e. The molecule has 7 heteroatoms. The third-order valence-electron chi connectivity index (χ3n) is 5.61. The second-order valence-electron chi connectivity index (χ2n) is 7.60. The Labute approximate surface area is 181 Å². The molecule has 4 rings (SSSR count). The first-order valence-corrected chi connectivity index (χ1v) is 10.4. The number of nitrogens with zero attached hydrogens (tertiary/aromatic N) is 3. The molecule has 1 aliphatic heterocycles. The number of carbonyl (C=O) groups excluding carboxylic acids is 1. The number of carbonyl (C=O) groups is 1. The lowest BCUT2D eigenvalue weighted by molar-refractivity contribution is -0.125. The minimum absolute atomic E-state index is 0.0282. The van der Waals surface area contributed by atoms with Gasteiger partial charge in [0.2, 0.25) is 5.91 Å². The maximum Gasteiger partial charge on any atom is 0.223 e. The predicted octanol–water partition coefficient (Wildman–Crippen LogP) is 3.82. The molecule has 1 N–H and O–H groups in total. The van der Waals surface area contributed by atoms with Crippen LogP contribution in [0, 0.1) is 11.7 Å². The Bertz CT molecular complexity index is 1020. The van der Waals surface area contributed by atoms with Gasteiger partial charge in [-0.05, 0) is 54.8 Å². The number of methoxy groups -OCH3 is 1. The molecule has 3 aromatic rings. The quantitative estimate of drug-likeness (QED) is 0.657. The van der Waals surface area contributed by atoms with E-state index in [1.807, 2.05) is 30.3 Å². The van der Waals surface area contributed by atoms with Gasteiger partial charge in [0, 0.05) is 37.2 Å². The van der Waals surface area contributed by atoms with Gasteiger partial charge in [-0.3, -0.25) is 4.79 Å². The number of anilines is 1. The van der Waals surface area contributed by atoms with E-state index in [1.54, 1.807) is 25.6 Å². The SMILES string of the molecule is COc1ccc(-c2cc(N3CCC(C(=O)NCc4ccc(F)cc4)CC3)ncn2)cc1. The molecule has 0 atom stereocenters. The van der Waals surface area contributed by atoms with Gasteiger partial charge in [-0.2, -0.15) is 0 Å². The number of aromatic nitrogens is 2. The lowest BCUT2D eigenvalue weighted by Crippen LogP contribution is -2.40. The zero-order valence-electron chi connectivity index (χ0n) is 17.4. The van der Waals surface area contributed by atoms with Crippen LogP contribution in [0.2, 0.25) is 0 Å². The molecule has 6 nitrogen and oxygen atoms in total. The molecule has 31 heavy (non-hydrogen) atoms. The van der Waals surface area contributed by atoms with E-state index < -0.39 is 0 Å². The second-order valence-corrected chi connectivity index (χ2v) is 7.60. The van der Waals surface area contributed by atoms with Crippen molar-refractivity contribution in [2.24, 2.45) is 5.92 Å². The molecule has 1 fully saturated rings. The molecule has 1 aromatic heterocycles. The number of hydrogen-bond acceptors (Lipinski definition) is 5. The summed E-state index contributed by atoms with van der Waals surface area (Å²) in [5, 5.41) is 2.97. The van der Waals surface area contributed by atoms with Gasteiger partial charge >= 0.3 is 0 Å². The normalized spacial score (nSPS) is 14.3. The Kier molecular flexibility index (Phi) is 6.40. The van der Waals surface area contributed by atoms with E-state index in [9.17, 15) is 9.18 Å². The van der Waals surface area contributed by atoms with Crippen LogP contribution >= 0.6 is 0 Å². The highest BCUT2D eigenvalue weighted by Crippen LogP contribution is 2.26. The summed E-state index contributed by atoms with van der Waals surface area (Å²) in [4.78, 5) is 23.6. The summed E-state index contributed by atoms with van der Waals surface area (Å²) in [5.74, 6) is 1.41. The Hall–Kier alpha value is -3.48. The van der Waals surface area contributed by atoms with Crippen molar-refractivity contribution in [2.75, 3.05) is 25.1 Å². The summed E-state index contributed by atoms with van der Waals surface area (Å²) in [7, 11) is 1.64. The molecule has 0 aliphatic carbocycles. The topological polar surface area (TPSA) is 67.3 Å². The number of amides is 1. The number of ether oxygens (including phenoxy) is 1. The maximum atomic E-state index is 13.0. The van der Waals surface area contributed by atoms with Crippen molar-refractivity contribution in [1.82, 2.24) is 15.3 Å². The molecule has 1 saturated heterocycles. The molecule has 0 saturated carbocycles. The van der Waals surface area contributed by atoms with Crippen LogP contribution in [0.15, 0.2) is 60.9 Å². The fraction of sp³-hybridized carbons (Fsp3) is 0.292. The van der Waals surface area contributed by atoms with Crippen molar-refractivity contribution >= 4 is 11.7 Å². The third kappa shape index (κ3) is 5.17. The molecular formula is C24H25FN4O2. The van der Waals surface area contributed by atoms with Gasteiger partial charge < -0.3 is 15.0 Å². The molecule has 0 radical (unpaired) electrons. The highest BCUT2D eigenvalue weighted by atomic mass is 19.1. The van der Waals surface area contributed by atoms with E-state index in [2.05, 4.69) is 20.2 Å². The Balaban J connectivity index is 1.33. The van der Waals surface area contributed by atoms with E-state index in [1.165, 1.54) is 12.1 Å². The van der Waals surface area contributed by atoms with Gasteiger partial charge in [0.25, 0.3) is 0 Å². The first kappa shape index (κ1) is 20.8. The van der Waals surface area contributed by atoms with Crippen LogP contribution in [0.4, 0.5) is 10.2 Å². The monoisotopic (exact) mass is 420 g/mol. The number of halogens is 1. The van der Waals surface area contributed by atoms with E-state index in [0.29, 0.717) is 6.54 Å². The average molecular weight is 420 g/mol. The van der Waals surface area contributed by atoms with Crippen LogP contribution in [-0.2, 0) is 11.3 Å². The van der Waals surface area contributed by atoms with Gasteiger partial charge in [0.15, 0.2) is 0 Å². The van der Waals surface area contributed by atoms with Gasteiger partial charge in [0.05, 0.1) is 12.8 Å².